The second-order valence-corrected chi connectivity index (χ2v) is 9.35. The lowest BCUT2D eigenvalue weighted by molar-refractivity contribution is -0.00779. The first-order valence-electron chi connectivity index (χ1n) is 10.8. The van der Waals surface area contributed by atoms with E-state index in [4.69, 9.17) is 14.2 Å². The number of hydrogen-bond donors (Lipinski definition) is 0. The van der Waals surface area contributed by atoms with Crippen molar-refractivity contribution in [1.29, 1.82) is 0 Å². The Hall–Kier alpha value is -1.67. The van der Waals surface area contributed by atoms with Gasteiger partial charge in [0.05, 0.1) is 6.61 Å². The number of esters is 1. The molecule has 0 aliphatic rings. The molecule has 1 heterocycles. The minimum Gasteiger partial charge on any atom is -0.461 e. The van der Waals surface area contributed by atoms with Crippen molar-refractivity contribution in [2.24, 2.45) is 5.92 Å². The molecule has 1 aromatic rings. The van der Waals surface area contributed by atoms with Crippen LogP contribution in [0.1, 0.15) is 89.8 Å². The monoisotopic (exact) mass is 442 g/mol. The highest BCUT2D eigenvalue weighted by Crippen LogP contribution is 2.31. The van der Waals surface area contributed by atoms with Crippen LogP contribution in [-0.4, -0.2) is 53.3 Å². The third-order valence-electron chi connectivity index (χ3n) is 4.37. The lowest BCUT2D eigenvalue weighted by Gasteiger charge is -2.37. The summed E-state index contributed by atoms with van der Waals surface area (Å²) < 4.78 is 16.7. The largest absolute Gasteiger partial charge is 0.461 e. The number of amides is 1. The fraction of sp³-hybridized carbons (Fsp3) is 0.773. The molecule has 0 spiro atoms. The summed E-state index contributed by atoms with van der Waals surface area (Å²) in [5, 5.41) is 2.41. The Balaban J connectivity index is 3.12. The summed E-state index contributed by atoms with van der Waals surface area (Å²) >= 11 is 1.38. The Morgan fingerprint density at radius 3 is 2.33 bits per heavy atom. The Labute approximate surface area is 185 Å². The van der Waals surface area contributed by atoms with E-state index in [0.717, 1.165) is 6.42 Å². The molecule has 2 atom stereocenters. The number of rotatable bonds is 11. The summed E-state index contributed by atoms with van der Waals surface area (Å²) in [5.41, 5.74) is -0.270. The molecule has 0 saturated heterocycles. The van der Waals surface area contributed by atoms with Gasteiger partial charge >= 0.3 is 12.1 Å². The summed E-state index contributed by atoms with van der Waals surface area (Å²) in [6, 6.07) is -0.0914. The molecule has 172 valence electrons. The van der Waals surface area contributed by atoms with Gasteiger partial charge in [-0.15, -0.1) is 11.3 Å². The number of aromatic nitrogens is 1. The minimum absolute atomic E-state index is 0.0914. The van der Waals surface area contributed by atoms with E-state index >= 15 is 0 Å². The highest BCUT2D eigenvalue weighted by atomic mass is 32.1. The predicted octanol–water partition coefficient (Wildman–Crippen LogP) is 5.46. The number of ether oxygens (including phenoxy) is 3. The lowest BCUT2D eigenvalue weighted by atomic mass is 9.96. The maximum atomic E-state index is 12.9. The van der Waals surface area contributed by atoms with Crippen LogP contribution in [0.15, 0.2) is 5.38 Å². The SMILES string of the molecule is CCCN(C(=O)OC(C)(C)C)C(C[C@@H](OCC)c1nc(C(=O)OCC)cs1)C(C)C. The van der Waals surface area contributed by atoms with Gasteiger partial charge in [0, 0.05) is 31.0 Å². The van der Waals surface area contributed by atoms with E-state index in [1.165, 1.54) is 11.3 Å². The normalized spacial score (nSPS) is 13.8. The van der Waals surface area contributed by atoms with Gasteiger partial charge in [-0.05, 0) is 47.0 Å². The molecule has 1 aromatic heterocycles. The average Bonchev–Trinajstić information content (AvgIpc) is 3.12. The fourth-order valence-electron chi connectivity index (χ4n) is 3.11. The number of nitrogens with zero attached hydrogens (tertiary/aromatic N) is 2. The second-order valence-electron chi connectivity index (χ2n) is 8.46. The molecule has 0 saturated carbocycles. The van der Waals surface area contributed by atoms with Crippen molar-refractivity contribution in [2.45, 2.75) is 86.0 Å². The minimum atomic E-state index is -0.562. The van der Waals surface area contributed by atoms with Gasteiger partial charge in [0.25, 0.3) is 0 Å². The zero-order valence-corrected chi connectivity index (χ0v) is 20.5. The molecule has 1 rings (SSSR count). The van der Waals surface area contributed by atoms with E-state index in [0.29, 0.717) is 36.9 Å². The van der Waals surface area contributed by atoms with Gasteiger partial charge in [0.1, 0.15) is 16.7 Å². The quantitative estimate of drug-likeness (QED) is 0.424. The molecule has 0 aliphatic heterocycles. The smallest absolute Gasteiger partial charge is 0.410 e. The van der Waals surface area contributed by atoms with E-state index in [-0.39, 0.29) is 24.2 Å². The van der Waals surface area contributed by atoms with Crippen molar-refractivity contribution in [2.75, 3.05) is 19.8 Å². The summed E-state index contributed by atoms with van der Waals surface area (Å²) in [6.07, 6.45) is 0.758. The number of thiazole rings is 1. The third kappa shape index (κ3) is 8.22. The summed E-state index contributed by atoms with van der Waals surface area (Å²) in [6.45, 7) is 16.9. The lowest BCUT2D eigenvalue weighted by Crippen LogP contribution is -2.47. The maximum Gasteiger partial charge on any atom is 0.410 e. The van der Waals surface area contributed by atoms with E-state index in [9.17, 15) is 9.59 Å². The van der Waals surface area contributed by atoms with Crippen LogP contribution in [0.5, 0.6) is 0 Å². The van der Waals surface area contributed by atoms with Gasteiger partial charge in [-0.25, -0.2) is 14.6 Å². The summed E-state index contributed by atoms with van der Waals surface area (Å²) in [5.74, 6) is -0.242. The van der Waals surface area contributed by atoms with Crippen LogP contribution in [0.2, 0.25) is 0 Å². The van der Waals surface area contributed by atoms with Gasteiger partial charge in [-0.2, -0.15) is 0 Å². The molecule has 0 aromatic carbocycles. The van der Waals surface area contributed by atoms with Crippen LogP contribution >= 0.6 is 11.3 Å². The van der Waals surface area contributed by atoms with E-state index in [1.54, 1.807) is 12.3 Å². The molecule has 30 heavy (non-hydrogen) atoms. The topological polar surface area (TPSA) is 78.0 Å². The molecule has 0 N–H and O–H groups in total. The van der Waals surface area contributed by atoms with Crippen LogP contribution in [0.4, 0.5) is 4.79 Å². The van der Waals surface area contributed by atoms with Crippen LogP contribution < -0.4 is 0 Å². The first kappa shape index (κ1) is 26.4. The number of carbonyl (C=O) groups is 2. The standard InChI is InChI=1S/C22H38N2O5S/c1-9-12-24(21(26)29-22(6,7)8)17(15(4)5)13-18(27-10-2)19-23-16(14-30-19)20(25)28-11-3/h14-15,17-18H,9-13H2,1-8H3/t17?,18-/m1/s1. The van der Waals surface area contributed by atoms with Gasteiger partial charge < -0.3 is 19.1 Å². The van der Waals surface area contributed by atoms with Gasteiger partial charge in [0.2, 0.25) is 0 Å². The molecular formula is C22H38N2O5S. The van der Waals surface area contributed by atoms with Crippen molar-refractivity contribution in [3.05, 3.63) is 16.1 Å². The van der Waals surface area contributed by atoms with Crippen molar-refractivity contribution < 1.29 is 23.8 Å². The first-order valence-corrected chi connectivity index (χ1v) is 11.7. The highest BCUT2D eigenvalue weighted by molar-refractivity contribution is 7.09. The van der Waals surface area contributed by atoms with E-state index in [1.807, 2.05) is 39.5 Å². The molecule has 8 heteroatoms. The first-order chi connectivity index (χ1) is 14.0. The Morgan fingerprint density at radius 2 is 1.83 bits per heavy atom. The van der Waals surface area contributed by atoms with Gasteiger partial charge in [-0.1, -0.05) is 20.8 Å². The van der Waals surface area contributed by atoms with Crippen LogP contribution in [0, 0.1) is 5.92 Å². The van der Waals surface area contributed by atoms with E-state index in [2.05, 4.69) is 18.8 Å². The van der Waals surface area contributed by atoms with Crippen LogP contribution in [0.3, 0.4) is 0 Å². The van der Waals surface area contributed by atoms with Crippen molar-refractivity contribution in [1.82, 2.24) is 9.88 Å². The molecule has 0 bridgehead atoms. The van der Waals surface area contributed by atoms with Crippen molar-refractivity contribution in [3.8, 4) is 0 Å². The fourth-order valence-corrected chi connectivity index (χ4v) is 3.96. The predicted molar refractivity (Wildman–Crippen MR) is 119 cm³/mol. The summed E-state index contributed by atoms with van der Waals surface area (Å²) in [7, 11) is 0. The molecule has 0 aliphatic carbocycles. The van der Waals surface area contributed by atoms with Gasteiger partial charge in [0.15, 0.2) is 5.69 Å². The van der Waals surface area contributed by atoms with Crippen LogP contribution in [-0.2, 0) is 14.2 Å². The second kappa shape index (κ2) is 12.2. The third-order valence-corrected chi connectivity index (χ3v) is 5.30. The number of hydrogen-bond acceptors (Lipinski definition) is 7. The number of carbonyl (C=O) groups excluding carboxylic acids is 2. The maximum absolute atomic E-state index is 12.9. The molecule has 0 fully saturated rings. The Kier molecular flexibility index (Phi) is 10.8. The van der Waals surface area contributed by atoms with Crippen molar-refractivity contribution in [3.63, 3.8) is 0 Å². The van der Waals surface area contributed by atoms with E-state index < -0.39 is 11.6 Å². The van der Waals surface area contributed by atoms with Crippen LogP contribution in [0.25, 0.3) is 0 Å². The molecule has 1 amide bonds. The van der Waals surface area contributed by atoms with Crippen molar-refractivity contribution >= 4 is 23.4 Å². The average molecular weight is 443 g/mol. The zero-order chi connectivity index (χ0) is 22.9. The molecular weight excluding hydrogens is 404 g/mol. The molecule has 1 unspecified atom stereocenters. The zero-order valence-electron chi connectivity index (χ0n) is 19.7. The van der Waals surface area contributed by atoms with Gasteiger partial charge in [-0.3, -0.25) is 0 Å². The Bertz CT molecular complexity index is 669. The molecule has 0 radical (unpaired) electrons. The Morgan fingerprint density at radius 1 is 1.17 bits per heavy atom. The highest BCUT2D eigenvalue weighted by Gasteiger charge is 2.33. The molecule has 7 nitrogen and oxygen atoms in total. The summed E-state index contributed by atoms with van der Waals surface area (Å²) in [4.78, 5) is 31.2.